The van der Waals surface area contributed by atoms with Crippen molar-refractivity contribution in [3.05, 3.63) is 93.4 Å². The van der Waals surface area contributed by atoms with E-state index < -0.39 is 11.4 Å². The van der Waals surface area contributed by atoms with E-state index in [9.17, 15) is 19.1 Å². The van der Waals surface area contributed by atoms with E-state index in [0.717, 1.165) is 17.8 Å². The maximum Gasteiger partial charge on any atom is 0.262 e. The molecule has 0 saturated carbocycles. The number of aliphatic hydroxyl groups is 1. The Morgan fingerprint density at radius 2 is 1.83 bits per heavy atom. The number of hydrogen-bond acceptors (Lipinski definition) is 6. The summed E-state index contributed by atoms with van der Waals surface area (Å²) in [6, 6.07) is 15.0. The van der Waals surface area contributed by atoms with Crippen molar-refractivity contribution in [2.45, 2.75) is 50.5 Å². The van der Waals surface area contributed by atoms with Crippen molar-refractivity contribution in [2.24, 2.45) is 0 Å². The average molecular weight is 594 g/mol. The lowest BCUT2D eigenvalue weighted by atomic mass is 9.91. The minimum absolute atomic E-state index is 0.0398. The fourth-order valence-electron chi connectivity index (χ4n) is 5.68. The Balaban J connectivity index is 1.17. The van der Waals surface area contributed by atoms with Gasteiger partial charge in [-0.15, -0.1) is 0 Å². The SMILES string of the molecule is CC1(C)CN[C@H](c2ccc(-n3c(Cl)cc4c(=O)n(CC5(O)CCN(C(=O)c6ccc(F)cc6)CC5)cnc43)cc2)CO1. The molecule has 6 rings (SSSR count). The van der Waals surface area contributed by atoms with Gasteiger partial charge in [-0.2, -0.15) is 0 Å². The van der Waals surface area contributed by atoms with Gasteiger partial charge in [0.25, 0.3) is 11.5 Å². The highest BCUT2D eigenvalue weighted by atomic mass is 35.5. The molecule has 9 nitrogen and oxygen atoms in total. The number of nitrogens with one attached hydrogen (secondary N) is 1. The first kappa shape index (κ1) is 28.5. The summed E-state index contributed by atoms with van der Waals surface area (Å²) in [7, 11) is 0. The molecular weight excluding hydrogens is 561 g/mol. The van der Waals surface area contributed by atoms with Crippen molar-refractivity contribution in [1.82, 2.24) is 24.3 Å². The van der Waals surface area contributed by atoms with Crippen LogP contribution in [0, 0.1) is 5.82 Å². The number of benzene rings is 2. The number of halogens is 2. The summed E-state index contributed by atoms with van der Waals surface area (Å²) in [5, 5.41) is 15.5. The highest BCUT2D eigenvalue weighted by molar-refractivity contribution is 6.31. The zero-order valence-electron chi connectivity index (χ0n) is 23.5. The minimum Gasteiger partial charge on any atom is -0.388 e. The predicted octanol–water partition coefficient (Wildman–Crippen LogP) is 4.09. The first-order valence-corrected chi connectivity index (χ1v) is 14.4. The zero-order valence-corrected chi connectivity index (χ0v) is 24.3. The third-order valence-corrected chi connectivity index (χ3v) is 8.52. The van der Waals surface area contributed by atoms with E-state index in [1.54, 1.807) is 15.5 Å². The van der Waals surface area contributed by atoms with E-state index in [4.69, 9.17) is 16.3 Å². The van der Waals surface area contributed by atoms with Crippen LogP contribution in [0.3, 0.4) is 0 Å². The van der Waals surface area contributed by atoms with E-state index in [0.29, 0.717) is 41.4 Å². The number of morpholine rings is 1. The van der Waals surface area contributed by atoms with Crippen LogP contribution in [0.2, 0.25) is 5.15 Å². The molecule has 0 radical (unpaired) electrons. The van der Waals surface area contributed by atoms with Crippen LogP contribution < -0.4 is 10.9 Å². The summed E-state index contributed by atoms with van der Waals surface area (Å²) in [6.45, 7) is 6.12. The molecule has 4 aromatic rings. The Kier molecular flexibility index (Phi) is 7.43. The van der Waals surface area contributed by atoms with Crippen LogP contribution in [0.5, 0.6) is 0 Å². The van der Waals surface area contributed by atoms with Crippen LogP contribution >= 0.6 is 11.6 Å². The van der Waals surface area contributed by atoms with Gasteiger partial charge in [-0.1, -0.05) is 23.7 Å². The standard InChI is InChI=1S/C31H33ClFN5O4/c1-30(2)17-34-25(16-42-30)20-5-9-23(10-6-20)38-26(32)15-24-27(38)35-19-37(29(24)40)18-31(41)11-13-36(14-12-31)28(39)21-3-7-22(33)8-4-21/h3-10,15,19,25,34,41H,11-14,16-18H2,1-2H3/t25-/m0/s1. The quantitative estimate of drug-likeness (QED) is 0.362. The fourth-order valence-corrected chi connectivity index (χ4v) is 5.96. The molecule has 0 spiro atoms. The maximum absolute atomic E-state index is 13.5. The first-order valence-electron chi connectivity index (χ1n) is 14.0. The first-order chi connectivity index (χ1) is 20.0. The number of fused-ring (bicyclic) bond motifs is 1. The van der Waals surface area contributed by atoms with E-state index in [1.807, 2.05) is 24.3 Å². The Labute approximate surface area is 247 Å². The van der Waals surface area contributed by atoms with Crippen molar-refractivity contribution >= 4 is 28.5 Å². The summed E-state index contributed by atoms with van der Waals surface area (Å²) in [5.41, 5.74) is 1.01. The van der Waals surface area contributed by atoms with Gasteiger partial charge >= 0.3 is 0 Å². The van der Waals surface area contributed by atoms with Gasteiger partial charge in [-0.25, -0.2) is 9.37 Å². The van der Waals surface area contributed by atoms with Gasteiger partial charge in [0.1, 0.15) is 17.3 Å². The summed E-state index contributed by atoms with van der Waals surface area (Å²) in [5.74, 6) is -0.620. The number of carbonyl (C=O) groups is 1. The fraction of sp³-hybridized carbons (Fsp3) is 0.387. The molecule has 1 amide bonds. The number of likely N-dealkylation sites (tertiary alicyclic amines) is 1. The molecule has 2 saturated heterocycles. The predicted molar refractivity (Wildman–Crippen MR) is 158 cm³/mol. The molecule has 220 valence electrons. The monoisotopic (exact) mass is 593 g/mol. The van der Waals surface area contributed by atoms with Gasteiger partial charge in [-0.3, -0.25) is 18.7 Å². The van der Waals surface area contributed by atoms with E-state index >= 15 is 0 Å². The van der Waals surface area contributed by atoms with Gasteiger partial charge in [0.05, 0.1) is 35.8 Å². The third-order valence-electron chi connectivity index (χ3n) is 8.25. The van der Waals surface area contributed by atoms with Gasteiger partial charge in [0.2, 0.25) is 0 Å². The number of carbonyl (C=O) groups excluding carboxylic acids is 1. The molecule has 2 N–H and O–H groups in total. The van der Waals surface area contributed by atoms with Crippen molar-refractivity contribution in [1.29, 1.82) is 0 Å². The van der Waals surface area contributed by atoms with Crippen LogP contribution in [-0.4, -0.2) is 67.5 Å². The topological polar surface area (TPSA) is 102 Å². The van der Waals surface area contributed by atoms with E-state index in [2.05, 4.69) is 24.1 Å². The second kappa shape index (κ2) is 10.9. The molecule has 4 heterocycles. The van der Waals surface area contributed by atoms with Gasteiger partial charge in [-0.05, 0) is 74.7 Å². The van der Waals surface area contributed by atoms with Crippen LogP contribution in [0.1, 0.15) is 48.7 Å². The molecule has 2 aromatic carbocycles. The molecule has 42 heavy (non-hydrogen) atoms. The molecule has 2 aliphatic rings. The molecule has 0 bridgehead atoms. The Morgan fingerprint density at radius 1 is 1.14 bits per heavy atom. The number of nitrogens with zero attached hydrogens (tertiary/aromatic N) is 4. The van der Waals surface area contributed by atoms with Crippen LogP contribution in [-0.2, 0) is 11.3 Å². The summed E-state index contributed by atoms with van der Waals surface area (Å²) < 4.78 is 22.3. The van der Waals surface area contributed by atoms with Crippen molar-refractivity contribution in [3.8, 4) is 5.69 Å². The number of hydrogen-bond donors (Lipinski definition) is 2. The van der Waals surface area contributed by atoms with Crippen molar-refractivity contribution in [2.75, 3.05) is 26.2 Å². The molecular formula is C31H33ClFN5O4. The number of ether oxygens (including phenoxy) is 1. The lowest BCUT2D eigenvalue weighted by Gasteiger charge is -2.38. The second-order valence-electron chi connectivity index (χ2n) is 11.8. The molecule has 1 atom stereocenters. The van der Waals surface area contributed by atoms with Crippen molar-refractivity contribution in [3.63, 3.8) is 0 Å². The van der Waals surface area contributed by atoms with E-state index in [1.165, 1.54) is 35.2 Å². The number of piperidine rings is 1. The molecule has 0 unspecified atom stereocenters. The molecule has 11 heteroatoms. The Bertz CT molecular complexity index is 1660. The summed E-state index contributed by atoms with van der Waals surface area (Å²) in [6.07, 6.45) is 2.01. The number of rotatable bonds is 5. The Hall–Kier alpha value is -3.57. The normalized spacial score (nSPS) is 20.1. The summed E-state index contributed by atoms with van der Waals surface area (Å²) >= 11 is 6.61. The van der Waals surface area contributed by atoms with Crippen LogP contribution in [0.15, 0.2) is 65.7 Å². The number of amides is 1. The molecule has 0 aliphatic carbocycles. The Morgan fingerprint density at radius 3 is 2.48 bits per heavy atom. The second-order valence-corrected chi connectivity index (χ2v) is 12.2. The smallest absolute Gasteiger partial charge is 0.262 e. The van der Waals surface area contributed by atoms with Crippen molar-refractivity contribution < 1.29 is 19.0 Å². The largest absolute Gasteiger partial charge is 0.388 e. The number of aromatic nitrogens is 3. The molecule has 2 aliphatic heterocycles. The lowest BCUT2D eigenvalue weighted by molar-refractivity contribution is -0.0586. The van der Waals surface area contributed by atoms with Gasteiger partial charge < -0.3 is 20.1 Å². The van der Waals surface area contributed by atoms with Gasteiger partial charge in [0.15, 0.2) is 5.65 Å². The van der Waals surface area contributed by atoms with Gasteiger partial charge in [0, 0.05) is 30.9 Å². The zero-order chi connectivity index (χ0) is 29.6. The minimum atomic E-state index is -1.19. The lowest BCUT2D eigenvalue weighted by Crippen LogP contribution is -2.49. The average Bonchev–Trinajstić information content (AvgIpc) is 3.31. The third kappa shape index (κ3) is 5.59. The maximum atomic E-state index is 13.5. The van der Waals surface area contributed by atoms with E-state index in [-0.39, 0.29) is 42.5 Å². The molecule has 2 fully saturated rings. The highest BCUT2D eigenvalue weighted by Gasteiger charge is 2.35. The van der Waals surface area contributed by atoms with Crippen LogP contribution in [0.25, 0.3) is 16.7 Å². The van der Waals surface area contributed by atoms with Crippen LogP contribution in [0.4, 0.5) is 4.39 Å². The molecule has 2 aromatic heterocycles. The summed E-state index contributed by atoms with van der Waals surface area (Å²) in [4.78, 5) is 32.4. The highest BCUT2D eigenvalue weighted by Crippen LogP contribution is 2.29.